The van der Waals surface area contributed by atoms with Gasteiger partial charge in [0, 0.05) is 29.9 Å². The number of nitrogens with zero attached hydrogens (tertiary/aromatic N) is 4. The maximum Gasteiger partial charge on any atom is 0.209 e. The van der Waals surface area contributed by atoms with E-state index in [0.29, 0.717) is 51.7 Å². The van der Waals surface area contributed by atoms with E-state index in [1.165, 1.54) is 12.1 Å². The second-order valence-corrected chi connectivity index (χ2v) is 12.4. The number of ether oxygens (including phenoxy) is 1. The van der Waals surface area contributed by atoms with Crippen molar-refractivity contribution in [2.45, 2.75) is 13.2 Å². The van der Waals surface area contributed by atoms with Crippen molar-refractivity contribution in [2.24, 2.45) is 0 Å². The molecule has 0 unspecified atom stereocenters. The van der Waals surface area contributed by atoms with Crippen molar-refractivity contribution in [2.75, 3.05) is 6.26 Å². The standard InChI is InChI=1S/C33H26FN7O3S/c1-45(42,43)37-16-21-11-22(13-24(34)12-21)26-9-10-36-33-27(26)15-30(39-33)32-31-29(40-41-32)8-7-28(38-31)23-14-25(18-35-17-23)44-19-20-5-3-2-4-6-20/h2-15,17-18,37H,16,19H2,1H3,(H,36,39)(H,40,41). The van der Waals surface area contributed by atoms with Gasteiger partial charge in [0.2, 0.25) is 10.0 Å². The van der Waals surface area contributed by atoms with E-state index in [9.17, 15) is 12.8 Å². The minimum Gasteiger partial charge on any atom is -0.487 e. The number of halogens is 1. The van der Waals surface area contributed by atoms with E-state index in [0.717, 1.165) is 33.8 Å². The summed E-state index contributed by atoms with van der Waals surface area (Å²) in [6, 6.07) is 23.8. The highest BCUT2D eigenvalue weighted by molar-refractivity contribution is 7.88. The third-order valence-electron chi connectivity index (χ3n) is 7.26. The fraction of sp³-hybridized carbons (Fsp3) is 0.0909. The molecule has 5 aromatic heterocycles. The minimum absolute atomic E-state index is 0.0267. The largest absolute Gasteiger partial charge is 0.487 e. The van der Waals surface area contributed by atoms with E-state index < -0.39 is 15.8 Å². The summed E-state index contributed by atoms with van der Waals surface area (Å²) in [5.41, 5.74) is 7.62. The quantitative estimate of drug-likeness (QED) is 0.180. The smallest absolute Gasteiger partial charge is 0.209 e. The van der Waals surface area contributed by atoms with Crippen LogP contribution < -0.4 is 9.46 Å². The van der Waals surface area contributed by atoms with Gasteiger partial charge in [-0.05, 0) is 70.8 Å². The summed E-state index contributed by atoms with van der Waals surface area (Å²) < 4.78 is 46.2. The van der Waals surface area contributed by atoms with Crippen molar-refractivity contribution >= 4 is 32.1 Å². The fourth-order valence-electron chi connectivity index (χ4n) is 5.15. The van der Waals surface area contributed by atoms with Crippen LogP contribution in [0.15, 0.2) is 97.5 Å². The van der Waals surface area contributed by atoms with Gasteiger partial charge in [-0.15, -0.1) is 0 Å². The Kier molecular flexibility index (Phi) is 7.28. The molecule has 0 saturated carbocycles. The fourth-order valence-corrected chi connectivity index (χ4v) is 5.58. The highest BCUT2D eigenvalue weighted by Gasteiger charge is 2.17. The molecule has 7 rings (SSSR count). The summed E-state index contributed by atoms with van der Waals surface area (Å²) in [5, 5.41) is 8.34. The minimum atomic E-state index is -3.44. The van der Waals surface area contributed by atoms with Gasteiger partial charge < -0.3 is 9.72 Å². The average molecular weight is 620 g/mol. The molecule has 0 aliphatic heterocycles. The lowest BCUT2D eigenvalue weighted by molar-refractivity contribution is 0.305. The van der Waals surface area contributed by atoms with Crippen LogP contribution in [0.2, 0.25) is 0 Å². The third-order valence-corrected chi connectivity index (χ3v) is 7.93. The molecule has 2 aromatic carbocycles. The van der Waals surface area contributed by atoms with Gasteiger partial charge in [0.1, 0.15) is 35.0 Å². The summed E-state index contributed by atoms with van der Waals surface area (Å²) in [5.74, 6) is 0.157. The van der Waals surface area contributed by atoms with Crippen molar-refractivity contribution < 1.29 is 17.5 Å². The van der Waals surface area contributed by atoms with Crippen LogP contribution in [0.25, 0.3) is 55.8 Å². The predicted molar refractivity (Wildman–Crippen MR) is 170 cm³/mol. The molecule has 3 N–H and O–H groups in total. The molecule has 0 aliphatic rings. The topological polar surface area (TPSA) is 139 Å². The van der Waals surface area contributed by atoms with Gasteiger partial charge in [-0.25, -0.2) is 27.5 Å². The number of pyridine rings is 3. The number of rotatable bonds is 9. The number of hydrogen-bond donors (Lipinski definition) is 3. The van der Waals surface area contributed by atoms with Gasteiger partial charge in [-0.2, -0.15) is 5.10 Å². The summed E-state index contributed by atoms with van der Waals surface area (Å²) in [7, 11) is -3.44. The van der Waals surface area contributed by atoms with Crippen LogP contribution >= 0.6 is 0 Å². The summed E-state index contributed by atoms with van der Waals surface area (Å²) in [4.78, 5) is 17.1. The molecule has 0 aliphatic carbocycles. The second kappa shape index (κ2) is 11.6. The van der Waals surface area contributed by atoms with Crippen molar-refractivity contribution in [1.82, 2.24) is 34.9 Å². The molecule has 45 heavy (non-hydrogen) atoms. The highest BCUT2D eigenvalue weighted by atomic mass is 32.2. The Morgan fingerprint density at radius 1 is 0.933 bits per heavy atom. The van der Waals surface area contributed by atoms with Crippen molar-refractivity contribution in [1.29, 1.82) is 0 Å². The first-order chi connectivity index (χ1) is 21.8. The maximum absolute atomic E-state index is 14.6. The van der Waals surface area contributed by atoms with Crippen LogP contribution in [0, 0.1) is 5.82 Å². The summed E-state index contributed by atoms with van der Waals surface area (Å²) in [6.07, 6.45) is 6.11. The molecular weight excluding hydrogens is 593 g/mol. The number of aromatic nitrogens is 6. The van der Waals surface area contributed by atoms with Crippen LogP contribution in [-0.4, -0.2) is 44.8 Å². The van der Waals surface area contributed by atoms with E-state index >= 15 is 0 Å². The Morgan fingerprint density at radius 2 is 1.80 bits per heavy atom. The zero-order valence-corrected chi connectivity index (χ0v) is 24.8. The SMILES string of the molecule is CS(=O)(=O)NCc1cc(F)cc(-c2ccnc3[nH]c(-c4n[nH]c5ccc(-c6cncc(OCc7ccccc7)c6)nc45)cc23)c1. The monoisotopic (exact) mass is 619 g/mol. The van der Waals surface area contributed by atoms with Gasteiger partial charge in [-0.3, -0.25) is 10.1 Å². The molecule has 0 atom stereocenters. The number of aromatic amines is 2. The van der Waals surface area contributed by atoms with E-state index in [2.05, 4.69) is 29.9 Å². The number of H-pyrrole nitrogens is 2. The Hall–Kier alpha value is -5.46. The number of nitrogens with one attached hydrogen (secondary N) is 3. The lowest BCUT2D eigenvalue weighted by atomic mass is 10.0. The van der Waals surface area contributed by atoms with Crippen LogP contribution in [-0.2, 0) is 23.2 Å². The molecule has 5 heterocycles. The molecular formula is C33H26FN7O3S. The van der Waals surface area contributed by atoms with E-state index in [4.69, 9.17) is 9.72 Å². The molecule has 0 amide bonds. The molecule has 0 spiro atoms. The number of hydrogen-bond acceptors (Lipinski definition) is 7. The molecule has 7 aromatic rings. The maximum atomic E-state index is 14.6. The Morgan fingerprint density at radius 3 is 2.64 bits per heavy atom. The second-order valence-electron chi connectivity index (χ2n) is 10.6. The molecule has 0 fully saturated rings. The van der Waals surface area contributed by atoms with Crippen molar-refractivity contribution in [3.63, 3.8) is 0 Å². The van der Waals surface area contributed by atoms with Crippen LogP contribution in [0.1, 0.15) is 11.1 Å². The van der Waals surface area contributed by atoms with Gasteiger partial charge in [0.15, 0.2) is 0 Å². The van der Waals surface area contributed by atoms with Gasteiger partial charge in [0.25, 0.3) is 0 Å². The van der Waals surface area contributed by atoms with Crippen molar-refractivity contribution in [3.8, 4) is 39.5 Å². The summed E-state index contributed by atoms with van der Waals surface area (Å²) in [6.45, 7) is 0.399. The van der Waals surface area contributed by atoms with Crippen LogP contribution in [0.3, 0.4) is 0 Å². The Labute approximate surface area is 257 Å². The Bertz CT molecular complexity index is 2290. The predicted octanol–water partition coefficient (Wildman–Crippen LogP) is 6.00. The molecule has 10 nitrogen and oxygen atoms in total. The first-order valence-corrected chi connectivity index (χ1v) is 15.9. The summed E-state index contributed by atoms with van der Waals surface area (Å²) >= 11 is 0. The number of fused-ring (bicyclic) bond motifs is 2. The molecule has 0 radical (unpaired) electrons. The van der Waals surface area contributed by atoms with E-state index in [-0.39, 0.29) is 6.54 Å². The third kappa shape index (κ3) is 6.14. The first-order valence-electron chi connectivity index (χ1n) is 14.0. The molecule has 0 saturated heterocycles. The highest BCUT2D eigenvalue weighted by Crippen LogP contribution is 2.34. The van der Waals surface area contributed by atoms with E-state index in [1.54, 1.807) is 30.7 Å². The van der Waals surface area contributed by atoms with Gasteiger partial charge >= 0.3 is 0 Å². The van der Waals surface area contributed by atoms with Gasteiger partial charge in [-0.1, -0.05) is 30.3 Å². The molecule has 0 bridgehead atoms. The lowest BCUT2D eigenvalue weighted by Gasteiger charge is -2.08. The molecule has 224 valence electrons. The normalized spacial score (nSPS) is 11.8. The van der Waals surface area contributed by atoms with Crippen molar-refractivity contribution in [3.05, 3.63) is 114 Å². The van der Waals surface area contributed by atoms with E-state index in [1.807, 2.05) is 54.6 Å². The lowest BCUT2D eigenvalue weighted by Crippen LogP contribution is -2.21. The molecule has 12 heteroatoms. The zero-order valence-electron chi connectivity index (χ0n) is 24.0. The number of benzene rings is 2. The van der Waals surface area contributed by atoms with Crippen LogP contribution in [0.5, 0.6) is 5.75 Å². The number of sulfonamides is 1. The Balaban J connectivity index is 1.22. The van der Waals surface area contributed by atoms with Crippen LogP contribution in [0.4, 0.5) is 4.39 Å². The van der Waals surface area contributed by atoms with Gasteiger partial charge in [0.05, 0.1) is 29.4 Å². The zero-order chi connectivity index (χ0) is 31.0. The average Bonchev–Trinajstić information content (AvgIpc) is 3.67. The first kappa shape index (κ1) is 28.3.